The van der Waals surface area contributed by atoms with Crippen LogP contribution in [0.5, 0.6) is 17.4 Å². The molecule has 3 heterocycles. The van der Waals surface area contributed by atoms with Crippen LogP contribution >= 0.6 is 11.6 Å². The maximum Gasteiger partial charge on any atom is 0.272 e. The number of para-hydroxylation sites is 1. The Balaban J connectivity index is 1.41. The second-order valence-electron chi connectivity index (χ2n) is 9.69. The van der Waals surface area contributed by atoms with E-state index in [2.05, 4.69) is 20.4 Å². The number of nitrogen functional groups attached to an aromatic ring is 1. The van der Waals surface area contributed by atoms with Gasteiger partial charge in [0.2, 0.25) is 17.6 Å². The summed E-state index contributed by atoms with van der Waals surface area (Å²) >= 11 is 5.66. The molecule has 1 amide bonds. The number of aromatic amines is 1. The molecule has 0 fully saturated rings. The molecule has 0 radical (unpaired) electrons. The van der Waals surface area contributed by atoms with Crippen molar-refractivity contribution in [3.8, 4) is 23.1 Å². The number of hydrogen-bond donors (Lipinski definition) is 3. The third-order valence-electron chi connectivity index (χ3n) is 6.53. The van der Waals surface area contributed by atoms with Gasteiger partial charge in [-0.15, -0.1) is 11.6 Å². The van der Waals surface area contributed by atoms with Gasteiger partial charge in [-0.1, -0.05) is 12.1 Å². The van der Waals surface area contributed by atoms with Crippen LogP contribution in [-0.4, -0.2) is 50.4 Å². The summed E-state index contributed by atoms with van der Waals surface area (Å²) in [5.41, 5.74) is 8.28. The normalized spacial score (nSPS) is 11.2. The third-order valence-corrected chi connectivity index (χ3v) is 6.80. The predicted octanol–water partition coefficient (Wildman–Crippen LogP) is 6.40. The van der Waals surface area contributed by atoms with E-state index in [9.17, 15) is 22.8 Å². The molecule has 5 aromatic rings. The number of benzene rings is 2. The molecule has 10 nitrogen and oxygen atoms in total. The van der Waals surface area contributed by atoms with Gasteiger partial charge in [-0.3, -0.25) is 9.59 Å². The number of halogens is 4. The first-order valence-electron chi connectivity index (χ1n) is 13.4. The number of nitrogens with two attached hydrogens (primary N) is 1. The van der Waals surface area contributed by atoms with Gasteiger partial charge in [-0.25, -0.2) is 22.8 Å². The van der Waals surface area contributed by atoms with Crippen LogP contribution in [0.4, 0.5) is 24.7 Å². The van der Waals surface area contributed by atoms with Crippen LogP contribution in [0.15, 0.2) is 60.9 Å². The lowest BCUT2D eigenvalue weighted by Gasteiger charge is -2.13. The number of carbonyl (C=O) groups excluding carboxylic acids is 2. The molecular weight excluding hydrogens is 601 g/mol. The number of ether oxygens (including phenoxy) is 2. The smallest absolute Gasteiger partial charge is 0.272 e. The number of nitrogens with zero attached hydrogens (tertiary/aromatic N) is 3. The van der Waals surface area contributed by atoms with Crippen molar-refractivity contribution < 1.29 is 32.2 Å². The number of ketones is 1. The Morgan fingerprint density at radius 2 is 1.93 bits per heavy atom. The van der Waals surface area contributed by atoms with Crippen molar-refractivity contribution in [3.63, 3.8) is 0 Å². The highest BCUT2D eigenvalue weighted by Gasteiger charge is 2.22. The Morgan fingerprint density at radius 3 is 2.66 bits per heavy atom. The number of hydrogen-bond acceptors (Lipinski definition) is 7. The fourth-order valence-electron chi connectivity index (χ4n) is 4.40. The summed E-state index contributed by atoms with van der Waals surface area (Å²) in [4.78, 5) is 33.0. The molecule has 0 aliphatic rings. The highest BCUT2D eigenvalue weighted by molar-refractivity contribution is 6.18. The highest BCUT2D eigenvalue weighted by Crippen LogP contribution is 2.33. The number of aryl methyl sites for hydroxylation is 1. The first-order valence-corrected chi connectivity index (χ1v) is 13.9. The minimum Gasteiger partial charge on any atom is -0.485 e. The summed E-state index contributed by atoms with van der Waals surface area (Å²) in [6.45, 7) is 0.873. The minimum absolute atomic E-state index is 0.0190. The van der Waals surface area contributed by atoms with Crippen LogP contribution in [-0.2, 0) is 4.79 Å². The summed E-state index contributed by atoms with van der Waals surface area (Å²) in [7, 11) is 0. The Kier molecular flexibility index (Phi) is 9.04. The number of fused-ring (bicyclic) bond motifs is 1. The second kappa shape index (κ2) is 13.1. The van der Waals surface area contributed by atoms with E-state index < -0.39 is 24.6 Å². The summed E-state index contributed by atoms with van der Waals surface area (Å²) < 4.78 is 51.9. The number of alkyl halides is 3. The van der Waals surface area contributed by atoms with Gasteiger partial charge in [0.1, 0.15) is 18.2 Å². The van der Waals surface area contributed by atoms with Crippen LogP contribution in [0, 0.1) is 12.7 Å². The van der Waals surface area contributed by atoms with Crippen molar-refractivity contribution in [1.82, 2.24) is 19.7 Å². The molecule has 0 aliphatic heterocycles. The molecule has 0 saturated heterocycles. The number of pyridine rings is 1. The Bertz CT molecular complexity index is 1840. The summed E-state index contributed by atoms with van der Waals surface area (Å²) in [6.07, 6.45) is 0.578. The van der Waals surface area contributed by atoms with E-state index in [4.69, 9.17) is 26.8 Å². The number of H-pyrrole nitrogens is 1. The Hall–Kier alpha value is -5.04. The molecule has 2 aromatic carbocycles. The first kappa shape index (κ1) is 30.4. The van der Waals surface area contributed by atoms with E-state index in [1.54, 1.807) is 25.1 Å². The van der Waals surface area contributed by atoms with Gasteiger partial charge in [-0.2, -0.15) is 5.10 Å². The van der Waals surface area contributed by atoms with E-state index in [0.717, 1.165) is 0 Å². The molecule has 0 spiro atoms. The van der Waals surface area contributed by atoms with Crippen LogP contribution in [0.1, 0.15) is 34.5 Å². The maximum atomic E-state index is 14.0. The number of carbonyl (C=O) groups is 2. The van der Waals surface area contributed by atoms with E-state index in [1.807, 2.05) is 0 Å². The van der Waals surface area contributed by atoms with E-state index in [1.165, 1.54) is 47.4 Å². The summed E-state index contributed by atoms with van der Waals surface area (Å²) in [6, 6.07) is 12.0. The SMILES string of the molecule is Cc1cc(Oc2ccccc2F)ncc1-n1ncc(C(=O)c2cc3cc(OCC(F)F)c(NC(=O)CCCCl)cc3[nH]2)c1N. The average molecular weight is 627 g/mol. The maximum absolute atomic E-state index is 14.0. The van der Waals surface area contributed by atoms with Crippen LogP contribution < -0.4 is 20.5 Å². The van der Waals surface area contributed by atoms with Gasteiger partial charge in [-0.05, 0) is 49.2 Å². The van der Waals surface area contributed by atoms with Crippen molar-refractivity contribution >= 4 is 45.7 Å². The van der Waals surface area contributed by atoms with Crippen molar-refractivity contribution in [2.75, 3.05) is 23.5 Å². The molecule has 0 aliphatic carbocycles. The van der Waals surface area contributed by atoms with Gasteiger partial charge >= 0.3 is 0 Å². The molecule has 3 aromatic heterocycles. The van der Waals surface area contributed by atoms with E-state index in [0.29, 0.717) is 28.6 Å². The predicted molar refractivity (Wildman–Crippen MR) is 159 cm³/mol. The molecule has 14 heteroatoms. The van der Waals surface area contributed by atoms with E-state index in [-0.39, 0.29) is 58.3 Å². The minimum atomic E-state index is -2.73. The number of aromatic nitrogens is 4. The fourth-order valence-corrected chi connectivity index (χ4v) is 4.54. The lowest BCUT2D eigenvalue weighted by molar-refractivity contribution is -0.116. The molecule has 5 rings (SSSR count). The zero-order valence-corrected chi connectivity index (χ0v) is 24.0. The molecule has 0 atom stereocenters. The zero-order chi connectivity index (χ0) is 31.4. The molecule has 44 heavy (non-hydrogen) atoms. The lowest BCUT2D eigenvalue weighted by Crippen LogP contribution is -2.14. The Labute approximate surface area is 253 Å². The quantitative estimate of drug-likeness (QED) is 0.108. The molecule has 0 bridgehead atoms. The van der Waals surface area contributed by atoms with Crippen LogP contribution in [0.2, 0.25) is 0 Å². The highest BCUT2D eigenvalue weighted by atomic mass is 35.5. The van der Waals surface area contributed by atoms with Gasteiger partial charge in [0.25, 0.3) is 6.43 Å². The largest absolute Gasteiger partial charge is 0.485 e. The van der Waals surface area contributed by atoms with Crippen LogP contribution in [0.25, 0.3) is 16.6 Å². The molecule has 228 valence electrons. The topological polar surface area (TPSA) is 137 Å². The van der Waals surface area contributed by atoms with Gasteiger partial charge in [0.05, 0.1) is 35.0 Å². The average Bonchev–Trinajstić information content (AvgIpc) is 3.58. The molecule has 0 unspecified atom stereocenters. The number of amides is 1. The van der Waals surface area contributed by atoms with Gasteiger partial charge < -0.3 is 25.5 Å². The second-order valence-corrected chi connectivity index (χ2v) is 10.1. The summed E-state index contributed by atoms with van der Waals surface area (Å²) in [5.74, 6) is -0.873. The first-order chi connectivity index (χ1) is 21.1. The lowest BCUT2D eigenvalue weighted by atomic mass is 10.1. The van der Waals surface area contributed by atoms with E-state index >= 15 is 0 Å². The third kappa shape index (κ3) is 6.62. The number of nitrogens with one attached hydrogen (secondary N) is 2. The van der Waals surface area contributed by atoms with Crippen molar-refractivity contribution in [1.29, 1.82) is 0 Å². The number of anilines is 2. The monoisotopic (exact) mass is 626 g/mol. The number of rotatable bonds is 12. The van der Waals surface area contributed by atoms with Crippen LogP contribution in [0.3, 0.4) is 0 Å². The van der Waals surface area contributed by atoms with Gasteiger partial charge in [0.15, 0.2) is 11.6 Å². The summed E-state index contributed by atoms with van der Waals surface area (Å²) in [5, 5.41) is 7.40. The molecule has 4 N–H and O–H groups in total. The Morgan fingerprint density at radius 1 is 1.14 bits per heavy atom. The van der Waals surface area contributed by atoms with Crippen molar-refractivity contribution in [2.45, 2.75) is 26.2 Å². The molecular formula is C30H26ClF3N6O4. The zero-order valence-electron chi connectivity index (χ0n) is 23.2. The fraction of sp³-hybridized carbons (Fsp3) is 0.200. The molecule has 0 saturated carbocycles. The van der Waals surface area contributed by atoms with Crippen molar-refractivity contribution in [2.24, 2.45) is 0 Å². The standard InChI is InChI=1S/C30H26ClF3N6O4/c1-16-9-28(44-24-6-3-2-5-19(24)32)36-14-23(16)40-30(35)18(13-37-40)29(42)22-10-17-11-25(43-15-26(33)34)21(12-20(17)38-22)39-27(41)7-4-8-31/h2-3,5-6,9-14,26,38H,4,7-8,15,35H2,1H3,(H,39,41). The van der Waals surface area contributed by atoms with Crippen molar-refractivity contribution in [3.05, 3.63) is 83.6 Å². The van der Waals surface area contributed by atoms with Gasteiger partial charge in [0, 0.05) is 29.3 Å².